The molecule has 528 valence electrons. The summed E-state index contributed by atoms with van der Waals surface area (Å²) in [5.41, 5.74) is 5.86. The van der Waals surface area contributed by atoms with Gasteiger partial charge in [-0.15, -0.1) is 0 Å². The first-order chi connectivity index (χ1) is 46.2. The highest BCUT2D eigenvalue weighted by Crippen LogP contribution is 2.58. The van der Waals surface area contributed by atoms with Gasteiger partial charge < -0.3 is 55.5 Å². The number of amides is 7. The summed E-state index contributed by atoms with van der Waals surface area (Å²) in [5.74, 6) is -1.46. The van der Waals surface area contributed by atoms with Gasteiger partial charge in [-0.2, -0.15) is 0 Å². The summed E-state index contributed by atoms with van der Waals surface area (Å²) in [5, 5.41) is 18.7. The number of hydrogen-bond acceptors (Lipinski definition) is 15. The van der Waals surface area contributed by atoms with E-state index in [1.165, 1.54) is 22.6 Å². The van der Waals surface area contributed by atoms with Crippen LogP contribution < -0.4 is 21.7 Å². The molecule has 6 N–H and O–H groups in total. The van der Waals surface area contributed by atoms with Crippen LogP contribution >= 0.6 is 0 Å². The summed E-state index contributed by atoms with van der Waals surface area (Å²) in [6, 6.07) is 11.9. The Labute approximate surface area is 570 Å². The maximum atomic E-state index is 14.3. The maximum absolute atomic E-state index is 14.3. The van der Waals surface area contributed by atoms with Crippen molar-refractivity contribution in [1.82, 2.24) is 35.6 Å². The minimum absolute atomic E-state index is 0.000779. The van der Waals surface area contributed by atoms with E-state index in [2.05, 4.69) is 28.1 Å². The summed E-state index contributed by atoms with van der Waals surface area (Å²) in [6.07, 6.45) is 17.1. The van der Waals surface area contributed by atoms with Crippen molar-refractivity contribution in [2.75, 3.05) is 26.2 Å². The Morgan fingerprint density at radius 1 is 0.557 bits per heavy atom. The first kappa shape index (κ1) is 71.9. The smallest absolute Gasteiger partial charge is 0.410 e. The van der Waals surface area contributed by atoms with Crippen molar-refractivity contribution in [3.05, 3.63) is 95.1 Å². The lowest BCUT2D eigenvalue weighted by Crippen LogP contribution is -2.53. The Morgan fingerprint density at radius 2 is 0.959 bits per heavy atom. The van der Waals surface area contributed by atoms with Gasteiger partial charge >= 0.3 is 30.3 Å². The fourth-order valence-electron chi connectivity index (χ4n) is 14.3. The quantitative estimate of drug-likeness (QED) is 0.115. The number of nitrogens with two attached hydrogens (primary N) is 1. The molecule has 6 aliphatic heterocycles. The molecule has 0 aromatic heterocycles. The van der Waals surface area contributed by atoms with Gasteiger partial charge in [-0.1, -0.05) is 98.5 Å². The molecule has 7 amide bonds. The topological polar surface area (TPSA) is 303 Å². The molecule has 6 fully saturated rings. The number of rotatable bonds is 9. The molecule has 23 heteroatoms. The Kier molecular flexibility index (Phi) is 22.9. The van der Waals surface area contributed by atoms with Gasteiger partial charge in [0.25, 0.3) is 0 Å². The van der Waals surface area contributed by atoms with Crippen molar-refractivity contribution in [2.45, 2.75) is 244 Å². The Balaban J connectivity index is 0.000000197. The van der Waals surface area contributed by atoms with E-state index in [-0.39, 0.29) is 68.1 Å². The lowest BCUT2D eigenvalue weighted by atomic mass is 9.90. The van der Waals surface area contributed by atoms with Crippen LogP contribution in [0.4, 0.5) is 19.2 Å². The van der Waals surface area contributed by atoms with Gasteiger partial charge in [-0.05, 0) is 171 Å². The number of nitrogens with one attached hydrogen (secondary N) is 3. The number of aliphatic carboxylic acids is 1. The van der Waals surface area contributed by atoms with Gasteiger partial charge in [0.05, 0.1) is 36.0 Å². The third kappa shape index (κ3) is 19.1. The third-order valence-corrected chi connectivity index (χ3v) is 20.4. The molecule has 2 saturated heterocycles. The molecule has 2 aromatic rings. The Morgan fingerprint density at radius 3 is 1.34 bits per heavy atom. The maximum Gasteiger partial charge on any atom is 0.410 e. The predicted molar refractivity (Wildman–Crippen MR) is 358 cm³/mol. The van der Waals surface area contributed by atoms with Gasteiger partial charge in [0, 0.05) is 58.4 Å². The molecule has 12 rings (SSSR count). The van der Waals surface area contributed by atoms with E-state index < -0.39 is 101 Å². The van der Waals surface area contributed by atoms with Crippen LogP contribution in [0.25, 0.3) is 0 Å². The van der Waals surface area contributed by atoms with Gasteiger partial charge in [-0.25, -0.2) is 19.2 Å². The van der Waals surface area contributed by atoms with Gasteiger partial charge in [0.1, 0.15) is 35.5 Å². The summed E-state index contributed by atoms with van der Waals surface area (Å²) in [7, 11) is 0. The molecule has 0 radical (unpaired) electrons. The van der Waals surface area contributed by atoms with Crippen LogP contribution in [0.2, 0.25) is 0 Å². The fourth-order valence-corrected chi connectivity index (χ4v) is 14.3. The highest BCUT2D eigenvalue weighted by molar-refractivity contribution is 5.98. The number of hydrogen-bond donors (Lipinski definition) is 5. The fraction of sp³-hybridized carbons (Fsp3) is 0.649. The van der Waals surface area contributed by atoms with E-state index in [1.54, 1.807) is 51.3 Å². The summed E-state index contributed by atoms with van der Waals surface area (Å²) in [6.45, 7) is 13.7. The molecule has 4 saturated carbocycles. The summed E-state index contributed by atoms with van der Waals surface area (Å²) in [4.78, 5) is 141. The van der Waals surface area contributed by atoms with E-state index in [4.69, 9.17) is 24.7 Å². The molecule has 2 aromatic carbocycles. The number of carbonyl (C=O) groups excluding carboxylic acids is 9. The van der Waals surface area contributed by atoms with Crippen LogP contribution in [-0.2, 0) is 73.9 Å². The van der Waals surface area contributed by atoms with Crippen molar-refractivity contribution in [1.29, 1.82) is 0 Å². The molecule has 10 aliphatic rings. The molecule has 97 heavy (non-hydrogen) atoms. The molecule has 4 aliphatic carbocycles. The van der Waals surface area contributed by atoms with E-state index in [1.807, 2.05) is 60.7 Å². The van der Waals surface area contributed by atoms with E-state index in [0.717, 1.165) is 86.1 Å². The molecular formula is C74H102N8O15. The second-order valence-corrected chi connectivity index (χ2v) is 30.6. The predicted octanol–water partition coefficient (Wildman–Crippen LogP) is 9.94. The van der Waals surface area contributed by atoms with Crippen molar-refractivity contribution in [3.8, 4) is 0 Å². The first-order valence-corrected chi connectivity index (χ1v) is 35.5. The zero-order valence-electron chi connectivity index (χ0n) is 57.5. The number of carbonyl (C=O) groups is 10. The minimum Gasteiger partial charge on any atom is -0.481 e. The van der Waals surface area contributed by atoms with E-state index in [0.29, 0.717) is 77.2 Å². The minimum atomic E-state index is -1.20. The monoisotopic (exact) mass is 1340 g/mol. The van der Waals surface area contributed by atoms with Gasteiger partial charge in [0.2, 0.25) is 17.7 Å². The average molecular weight is 1340 g/mol. The standard InChI is InChI=1S/C37H50N4O7.C33H43N3O8.C4H9N/c1-36(2,3)48-34(45)39-29-14-8-6-4-5-7-13-27-18-37(27,33(44)38-20-24-15-16-24)19-31(42)30-17-28(23-41(30)32(29)43)47-35(46)40-21-25-11-9-10-12-26(25)22-40;1-32(2,3)44-30(41)34-25-14-8-6-4-5-7-13-23-16-33(23,29(39)40)17-27(37)26-15-24(20-36(26)28(25)38)43-31(42)35-18-21-11-9-10-12-22(21)19-35;5-3-4-1-2-4/h7,9-13,24,27-30H,4-6,8,14-23H2,1-3H3,(H,38,44)(H,39,45);7,9-13,23-26H,4-6,8,14-20H2,1-3H3,(H,34,41)(H,39,40);4H,1-3,5H2/b2*13-7-;/t27-,28-,29+,30+,37-;23-,24-,25+,26+,33-;/m11./s1. The molecule has 6 heterocycles. The number of ketones is 2. The van der Waals surface area contributed by atoms with Crippen LogP contribution in [0.3, 0.4) is 0 Å². The van der Waals surface area contributed by atoms with E-state index in [9.17, 15) is 53.1 Å². The first-order valence-electron chi connectivity index (χ1n) is 35.5. The number of allylic oxidation sites excluding steroid dienone is 4. The zero-order valence-corrected chi connectivity index (χ0v) is 57.5. The molecule has 10 atom stereocenters. The number of alkyl carbamates (subject to hydrolysis) is 2. The van der Waals surface area contributed by atoms with Crippen LogP contribution in [0.1, 0.15) is 192 Å². The average Bonchev–Trinajstić information content (AvgIpc) is 1.59. The van der Waals surface area contributed by atoms with Crippen LogP contribution in [0.5, 0.6) is 0 Å². The number of carboxylic acid groups (broad SMARTS) is 1. The van der Waals surface area contributed by atoms with E-state index >= 15 is 0 Å². The van der Waals surface area contributed by atoms with Gasteiger partial charge in [-0.3, -0.25) is 38.6 Å². The number of carboxylic acids is 1. The van der Waals surface area contributed by atoms with Crippen molar-refractivity contribution < 1.29 is 72.0 Å². The van der Waals surface area contributed by atoms with Crippen LogP contribution in [0, 0.1) is 34.5 Å². The number of ether oxygens (including phenoxy) is 4. The summed E-state index contributed by atoms with van der Waals surface area (Å²) < 4.78 is 22.7. The second-order valence-electron chi connectivity index (χ2n) is 30.6. The third-order valence-electron chi connectivity index (χ3n) is 20.4. The molecule has 23 nitrogen and oxygen atoms in total. The molecule has 0 unspecified atom stereocenters. The highest BCUT2D eigenvalue weighted by Gasteiger charge is 2.62. The SMILES string of the molecule is CC(C)(C)OC(=O)N[C@H]1CCCCC/C=C\[C@@H]2C[C@@]2(C(=O)NCC2CC2)CC(=O)[C@@H]2C[C@@H](OC(=O)N3Cc4ccccc4C3)CN2C1=O.CC(C)(C)OC(=O)N[C@H]1CCCCC/C=C\[C@@H]2C[C@@]2(C(=O)O)CC(=O)[C@@H]2C[C@@H](OC(=O)N3Cc4ccccc4C3)CN2C1=O.NCC1CC1. The number of Topliss-reactive ketones (excluding diaryl/α,β-unsaturated/α-hetero) is 2. The number of nitrogens with zero attached hydrogens (tertiary/aromatic N) is 4. The Hall–Kier alpha value is -7.82. The normalized spacial score (nSPS) is 29.5. The number of benzene rings is 2. The Bertz CT molecular complexity index is 3260. The molecule has 0 bridgehead atoms. The largest absolute Gasteiger partial charge is 0.481 e. The molecule has 0 spiro atoms. The lowest BCUT2D eigenvalue weighted by molar-refractivity contribution is -0.147. The van der Waals surface area contributed by atoms with Crippen LogP contribution in [0.15, 0.2) is 72.8 Å². The van der Waals surface area contributed by atoms with Crippen molar-refractivity contribution in [2.24, 2.45) is 40.2 Å². The van der Waals surface area contributed by atoms with Crippen molar-refractivity contribution >= 4 is 59.6 Å². The highest BCUT2D eigenvalue weighted by atomic mass is 16.6. The summed E-state index contributed by atoms with van der Waals surface area (Å²) >= 11 is 0. The van der Waals surface area contributed by atoms with Gasteiger partial charge in [0.15, 0.2) is 11.6 Å². The lowest BCUT2D eigenvalue weighted by Gasteiger charge is -2.30. The number of fused-ring (bicyclic) bond motifs is 6. The second kappa shape index (κ2) is 30.9. The van der Waals surface area contributed by atoms with Crippen LogP contribution in [-0.4, -0.2) is 158 Å². The zero-order chi connectivity index (χ0) is 69.4. The van der Waals surface area contributed by atoms with Crippen molar-refractivity contribution in [3.63, 3.8) is 0 Å². The molecular weight excluding hydrogens is 1240 g/mol.